The summed E-state index contributed by atoms with van der Waals surface area (Å²) in [6, 6.07) is 10.2. The molecule has 2 atom stereocenters. The van der Waals surface area contributed by atoms with Gasteiger partial charge in [0.2, 0.25) is 5.91 Å². The maximum atomic E-state index is 12.5. The van der Waals surface area contributed by atoms with Gasteiger partial charge in [0.15, 0.2) is 0 Å². The van der Waals surface area contributed by atoms with E-state index in [-0.39, 0.29) is 17.1 Å². The highest BCUT2D eigenvalue weighted by atomic mass is 32.2. The van der Waals surface area contributed by atoms with E-state index in [4.69, 9.17) is 0 Å². The van der Waals surface area contributed by atoms with Crippen molar-refractivity contribution in [3.63, 3.8) is 0 Å². The van der Waals surface area contributed by atoms with E-state index in [1.165, 1.54) is 27.8 Å². The number of aryl methyl sites for hydroxylation is 2. The SMILES string of the molecule is Cc1sc2ncnc(SC(C)C(=O)NCC(C)c3ccccc3)c2c1C. The molecule has 0 saturated heterocycles. The molecule has 6 heteroatoms. The second kappa shape index (κ2) is 8.18. The zero-order chi connectivity index (χ0) is 18.7. The van der Waals surface area contributed by atoms with Gasteiger partial charge in [0.05, 0.1) is 5.25 Å². The molecule has 26 heavy (non-hydrogen) atoms. The first-order chi connectivity index (χ1) is 12.5. The molecular weight excluding hydrogens is 362 g/mol. The number of fused-ring (bicyclic) bond motifs is 1. The smallest absolute Gasteiger partial charge is 0.233 e. The van der Waals surface area contributed by atoms with Gasteiger partial charge in [-0.25, -0.2) is 9.97 Å². The Kier molecular flexibility index (Phi) is 5.94. The molecule has 0 fully saturated rings. The van der Waals surface area contributed by atoms with Crippen molar-refractivity contribution in [3.8, 4) is 0 Å². The quantitative estimate of drug-likeness (QED) is 0.493. The summed E-state index contributed by atoms with van der Waals surface area (Å²) < 4.78 is 0. The number of benzene rings is 1. The summed E-state index contributed by atoms with van der Waals surface area (Å²) in [5.74, 6) is 0.319. The molecular formula is C20H23N3OS2. The molecule has 4 nitrogen and oxygen atoms in total. The van der Waals surface area contributed by atoms with E-state index in [2.05, 4.69) is 48.2 Å². The van der Waals surface area contributed by atoms with Gasteiger partial charge in [0, 0.05) is 16.8 Å². The fourth-order valence-corrected chi connectivity index (χ4v) is 4.82. The minimum Gasteiger partial charge on any atom is -0.355 e. The van der Waals surface area contributed by atoms with E-state index in [9.17, 15) is 4.79 Å². The normalized spacial score (nSPS) is 13.5. The zero-order valence-electron chi connectivity index (χ0n) is 15.4. The van der Waals surface area contributed by atoms with E-state index >= 15 is 0 Å². The molecule has 0 aliphatic rings. The molecule has 136 valence electrons. The van der Waals surface area contributed by atoms with Crippen molar-refractivity contribution in [2.45, 2.75) is 43.9 Å². The van der Waals surface area contributed by atoms with Crippen molar-refractivity contribution in [1.82, 2.24) is 15.3 Å². The zero-order valence-corrected chi connectivity index (χ0v) is 17.1. The van der Waals surface area contributed by atoms with Crippen LogP contribution in [-0.4, -0.2) is 27.7 Å². The van der Waals surface area contributed by atoms with Gasteiger partial charge in [0.25, 0.3) is 0 Å². The van der Waals surface area contributed by atoms with Crippen LogP contribution in [0.4, 0.5) is 0 Å². The molecule has 1 aromatic carbocycles. The van der Waals surface area contributed by atoms with Gasteiger partial charge in [-0.05, 0) is 37.8 Å². The standard InChI is InChI=1S/C20H23N3OS2/c1-12(16-8-6-5-7-9-16)10-21-18(24)15(4)26-20-17-13(2)14(3)25-19(17)22-11-23-20/h5-9,11-12,15H,10H2,1-4H3,(H,21,24). The first-order valence-corrected chi connectivity index (χ1v) is 10.4. The Morgan fingerprint density at radius 2 is 1.92 bits per heavy atom. The molecule has 3 rings (SSSR count). The maximum Gasteiger partial charge on any atom is 0.233 e. The van der Waals surface area contributed by atoms with Crippen molar-refractivity contribution in [1.29, 1.82) is 0 Å². The average Bonchev–Trinajstić information content (AvgIpc) is 2.95. The number of carbonyl (C=O) groups excluding carboxylic acids is 1. The third kappa shape index (κ3) is 4.07. The summed E-state index contributed by atoms with van der Waals surface area (Å²) in [7, 11) is 0. The monoisotopic (exact) mass is 385 g/mol. The van der Waals surface area contributed by atoms with Crippen LogP contribution < -0.4 is 5.32 Å². The topological polar surface area (TPSA) is 54.9 Å². The highest BCUT2D eigenvalue weighted by molar-refractivity contribution is 8.00. The van der Waals surface area contributed by atoms with Gasteiger partial charge in [-0.3, -0.25) is 4.79 Å². The number of nitrogens with one attached hydrogen (secondary N) is 1. The molecule has 2 aromatic heterocycles. The summed E-state index contributed by atoms with van der Waals surface area (Å²) in [6.45, 7) is 8.86. The Bertz CT molecular complexity index is 908. The van der Waals surface area contributed by atoms with E-state index < -0.39 is 0 Å². The van der Waals surface area contributed by atoms with Crippen LogP contribution in [0.2, 0.25) is 0 Å². The van der Waals surface area contributed by atoms with Gasteiger partial charge in [0.1, 0.15) is 16.2 Å². The minimum absolute atomic E-state index is 0.0362. The van der Waals surface area contributed by atoms with Gasteiger partial charge < -0.3 is 5.32 Å². The van der Waals surface area contributed by atoms with Gasteiger partial charge >= 0.3 is 0 Å². The Labute approximate surface area is 162 Å². The fraction of sp³-hybridized carbons (Fsp3) is 0.350. The van der Waals surface area contributed by atoms with Crippen LogP contribution in [0.1, 0.15) is 35.8 Å². The van der Waals surface area contributed by atoms with E-state index in [1.54, 1.807) is 17.7 Å². The summed E-state index contributed by atoms with van der Waals surface area (Å²) >= 11 is 3.17. The van der Waals surface area contributed by atoms with Crippen molar-refractivity contribution in [2.75, 3.05) is 6.54 Å². The molecule has 0 aliphatic heterocycles. The molecule has 0 bridgehead atoms. The Morgan fingerprint density at radius 1 is 1.19 bits per heavy atom. The molecule has 0 aliphatic carbocycles. The Balaban J connectivity index is 1.65. The molecule has 1 N–H and O–H groups in total. The highest BCUT2D eigenvalue weighted by Crippen LogP contribution is 2.35. The van der Waals surface area contributed by atoms with E-state index in [0.29, 0.717) is 6.54 Å². The molecule has 0 spiro atoms. The number of aromatic nitrogens is 2. The molecule has 0 radical (unpaired) electrons. The second-order valence-electron chi connectivity index (χ2n) is 6.46. The van der Waals surface area contributed by atoms with Gasteiger partial charge in [-0.2, -0.15) is 0 Å². The predicted octanol–water partition coefficient (Wildman–Crippen LogP) is 4.71. The van der Waals surface area contributed by atoms with E-state index in [0.717, 1.165) is 15.2 Å². The molecule has 1 amide bonds. The minimum atomic E-state index is -0.212. The third-order valence-electron chi connectivity index (χ3n) is 4.54. The lowest BCUT2D eigenvalue weighted by Gasteiger charge is -2.16. The van der Waals surface area contributed by atoms with Crippen molar-refractivity contribution in [2.24, 2.45) is 0 Å². The second-order valence-corrected chi connectivity index (χ2v) is 8.99. The van der Waals surface area contributed by atoms with Crippen LogP contribution in [-0.2, 0) is 4.79 Å². The number of nitrogens with zero attached hydrogens (tertiary/aromatic N) is 2. The first-order valence-electron chi connectivity index (χ1n) is 8.67. The fourth-order valence-electron chi connectivity index (χ4n) is 2.76. The molecule has 0 saturated carbocycles. The first kappa shape index (κ1) is 18.9. The number of thiophene rings is 1. The summed E-state index contributed by atoms with van der Waals surface area (Å²) in [4.78, 5) is 23.6. The lowest BCUT2D eigenvalue weighted by atomic mass is 10.0. The van der Waals surface area contributed by atoms with Crippen molar-refractivity contribution >= 4 is 39.2 Å². The largest absolute Gasteiger partial charge is 0.355 e. The Morgan fingerprint density at radius 3 is 2.65 bits per heavy atom. The van der Waals surface area contributed by atoms with Crippen LogP contribution >= 0.6 is 23.1 Å². The Hall–Kier alpha value is -1.92. The number of thioether (sulfide) groups is 1. The summed E-state index contributed by atoms with van der Waals surface area (Å²) in [5, 5.41) is 4.82. The van der Waals surface area contributed by atoms with Crippen LogP contribution in [0.25, 0.3) is 10.2 Å². The number of hydrogen-bond donors (Lipinski definition) is 1. The van der Waals surface area contributed by atoms with Crippen LogP contribution in [0.5, 0.6) is 0 Å². The van der Waals surface area contributed by atoms with Crippen molar-refractivity contribution < 1.29 is 4.79 Å². The molecule has 3 aromatic rings. The summed E-state index contributed by atoms with van der Waals surface area (Å²) in [6.07, 6.45) is 1.59. The van der Waals surface area contributed by atoms with Crippen LogP contribution in [0, 0.1) is 13.8 Å². The lowest BCUT2D eigenvalue weighted by molar-refractivity contribution is -0.120. The predicted molar refractivity (Wildman–Crippen MR) is 110 cm³/mol. The maximum absolute atomic E-state index is 12.5. The molecule has 2 heterocycles. The van der Waals surface area contributed by atoms with Crippen LogP contribution in [0.3, 0.4) is 0 Å². The van der Waals surface area contributed by atoms with Crippen LogP contribution in [0.15, 0.2) is 41.7 Å². The summed E-state index contributed by atoms with van der Waals surface area (Å²) in [5.41, 5.74) is 2.44. The average molecular weight is 386 g/mol. The number of amides is 1. The number of rotatable bonds is 6. The van der Waals surface area contributed by atoms with Gasteiger partial charge in [-0.15, -0.1) is 11.3 Å². The number of carbonyl (C=O) groups is 1. The van der Waals surface area contributed by atoms with Gasteiger partial charge in [-0.1, -0.05) is 49.0 Å². The number of hydrogen-bond acceptors (Lipinski definition) is 5. The van der Waals surface area contributed by atoms with Crippen molar-refractivity contribution in [3.05, 3.63) is 52.7 Å². The lowest BCUT2D eigenvalue weighted by Crippen LogP contribution is -2.33. The highest BCUT2D eigenvalue weighted by Gasteiger charge is 2.19. The van der Waals surface area contributed by atoms with E-state index in [1.807, 2.05) is 25.1 Å². The third-order valence-corrected chi connectivity index (χ3v) is 6.75. The molecule has 2 unspecified atom stereocenters.